The van der Waals surface area contributed by atoms with Crippen LogP contribution in [-0.2, 0) is 9.53 Å². The maximum atomic E-state index is 12.6. The molecule has 2 aliphatic heterocycles. The van der Waals surface area contributed by atoms with Crippen molar-refractivity contribution >= 4 is 29.0 Å². The molecule has 0 spiro atoms. The van der Waals surface area contributed by atoms with Crippen LogP contribution < -0.4 is 10.6 Å². The van der Waals surface area contributed by atoms with Gasteiger partial charge < -0.3 is 15.4 Å². The highest BCUT2D eigenvalue weighted by molar-refractivity contribution is 7.99. The minimum absolute atomic E-state index is 0.00568. The van der Waals surface area contributed by atoms with Crippen LogP contribution in [0.3, 0.4) is 0 Å². The third kappa shape index (κ3) is 2.58. The minimum atomic E-state index is 0.00568. The molecule has 5 heteroatoms. The van der Waals surface area contributed by atoms with E-state index < -0.39 is 0 Å². The number of carbonyl (C=O) groups excluding carboxylic acids is 1. The Bertz CT molecular complexity index is 486. The number of ether oxygens (including phenoxy) is 1. The van der Waals surface area contributed by atoms with Crippen molar-refractivity contribution in [3.63, 3.8) is 0 Å². The second kappa shape index (κ2) is 5.43. The van der Waals surface area contributed by atoms with Crippen molar-refractivity contribution in [1.29, 1.82) is 0 Å². The molecule has 1 aromatic carbocycles. The topological polar surface area (TPSA) is 55.6 Å². The third-order valence-corrected chi connectivity index (χ3v) is 4.66. The summed E-state index contributed by atoms with van der Waals surface area (Å²) < 4.78 is 5.43. The molecule has 1 saturated heterocycles. The van der Waals surface area contributed by atoms with E-state index in [2.05, 4.69) is 0 Å². The van der Waals surface area contributed by atoms with Crippen LogP contribution in [0.5, 0.6) is 0 Å². The van der Waals surface area contributed by atoms with Gasteiger partial charge in [-0.1, -0.05) is 0 Å². The molecule has 2 aliphatic rings. The van der Waals surface area contributed by atoms with Crippen LogP contribution >= 0.6 is 11.8 Å². The molecule has 0 aromatic heterocycles. The van der Waals surface area contributed by atoms with Crippen molar-refractivity contribution in [3.05, 3.63) is 18.2 Å². The van der Waals surface area contributed by atoms with Gasteiger partial charge >= 0.3 is 0 Å². The summed E-state index contributed by atoms with van der Waals surface area (Å²) >= 11 is 1.78. The smallest absolute Gasteiger partial charge is 0.232 e. The number of rotatable bonds is 1. The molecule has 2 heterocycles. The Balaban J connectivity index is 1.86. The van der Waals surface area contributed by atoms with E-state index in [-0.39, 0.29) is 11.8 Å². The van der Waals surface area contributed by atoms with Gasteiger partial charge in [0.1, 0.15) is 0 Å². The molecule has 1 fully saturated rings. The summed E-state index contributed by atoms with van der Waals surface area (Å²) in [6.45, 7) is 2.10. The summed E-state index contributed by atoms with van der Waals surface area (Å²) in [5.74, 6) is 1.13. The Morgan fingerprint density at radius 3 is 3.16 bits per heavy atom. The largest absolute Gasteiger partial charge is 0.399 e. The van der Waals surface area contributed by atoms with Gasteiger partial charge in [0.15, 0.2) is 0 Å². The fraction of sp³-hybridized carbons (Fsp3) is 0.500. The molecule has 0 saturated carbocycles. The number of thioether (sulfide) groups is 1. The van der Waals surface area contributed by atoms with Crippen molar-refractivity contribution in [2.24, 2.45) is 5.92 Å². The monoisotopic (exact) mass is 278 g/mol. The molecule has 1 amide bonds. The van der Waals surface area contributed by atoms with Crippen LogP contribution in [0.4, 0.5) is 11.4 Å². The third-order valence-electron chi connectivity index (χ3n) is 3.62. The number of amides is 1. The highest BCUT2D eigenvalue weighted by atomic mass is 32.2. The Morgan fingerprint density at radius 2 is 2.37 bits per heavy atom. The van der Waals surface area contributed by atoms with E-state index in [0.717, 1.165) is 42.3 Å². The Kier molecular flexibility index (Phi) is 3.66. The molecule has 19 heavy (non-hydrogen) atoms. The average Bonchev–Trinajstić information content (AvgIpc) is 2.47. The Labute approximate surface area is 117 Å². The van der Waals surface area contributed by atoms with Gasteiger partial charge in [0.05, 0.1) is 18.2 Å². The highest BCUT2D eigenvalue weighted by Gasteiger charge is 2.30. The van der Waals surface area contributed by atoms with Gasteiger partial charge in [-0.25, -0.2) is 0 Å². The molecular weight excluding hydrogens is 260 g/mol. The quantitative estimate of drug-likeness (QED) is 0.800. The van der Waals surface area contributed by atoms with Gasteiger partial charge in [0.25, 0.3) is 0 Å². The van der Waals surface area contributed by atoms with E-state index in [4.69, 9.17) is 10.5 Å². The van der Waals surface area contributed by atoms with E-state index in [1.165, 1.54) is 0 Å². The van der Waals surface area contributed by atoms with Crippen molar-refractivity contribution < 1.29 is 9.53 Å². The van der Waals surface area contributed by atoms with Gasteiger partial charge in [-0.2, -0.15) is 0 Å². The molecule has 102 valence electrons. The fourth-order valence-electron chi connectivity index (χ4n) is 2.62. The normalized spacial score (nSPS) is 22.9. The van der Waals surface area contributed by atoms with Crippen molar-refractivity contribution in [2.75, 3.05) is 36.1 Å². The maximum Gasteiger partial charge on any atom is 0.232 e. The molecule has 0 radical (unpaired) electrons. The zero-order valence-corrected chi connectivity index (χ0v) is 11.6. The van der Waals surface area contributed by atoms with Gasteiger partial charge in [-0.05, 0) is 31.0 Å². The van der Waals surface area contributed by atoms with Crippen LogP contribution in [-0.4, -0.2) is 31.4 Å². The zero-order valence-electron chi connectivity index (χ0n) is 10.8. The predicted octanol–water partition coefficient (Wildman–Crippen LogP) is 2.13. The predicted molar refractivity (Wildman–Crippen MR) is 77.5 cm³/mol. The van der Waals surface area contributed by atoms with Crippen LogP contribution in [0.15, 0.2) is 23.1 Å². The van der Waals surface area contributed by atoms with Crippen LogP contribution in [0, 0.1) is 5.92 Å². The van der Waals surface area contributed by atoms with E-state index in [0.29, 0.717) is 12.3 Å². The first-order valence-electron chi connectivity index (χ1n) is 6.67. The number of nitrogens with two attached hydrogens (primary N) is 1. The summed E-state index contributed by atoms with van der Waals surface area (Å²) in [6.07, 6.45) is 1.91. The molecule has 1 unspecified atom stereocenters. The van der Waals surface area contributed by atoms with Crippen LogP contribution in [0.2, 0.25) is 0 Å². The van der Waals surface area contributed by atoms with Crippen molar-refractivity contribution in [1.82, 2.24) is 0 Å². The van der Waals surface area contributed by atoms with Gasteiger partial charge in [0, 0.05) is 29.5 Å². The Hall–Kier alpha value is -1.20. The van der Waals surface area contributed by atoms with Gasteiger partial charge in [-0.15, -0.1) is 11.8 Å². The zero-order chi connectivity index (χ0) is 13.2. The molecule has 0 bridgehead atoms. The van der Waals surface area contributed by atoms with Crippen molar-refractivity contribution in [2.45, 2.75) is 17.7 Å². The first-order valence-corrected chi connectivity index (χ1v) is 7.66. The number of hydrogen-bond acceptors (Lipinski definition) is 4. The number of anilines is 2. The molecule has 3 rings (SSSR count). The first kappa shape index (κ1) is 12.8. The average molecular weight is 278 g/mol. The lowest BCUT2D eigenvalue weighted by Gasteiger charge is -2.33. The Morgan fingerprint density at radius 1 is 1.47 bits per heavy atom. The molecule has 1 atom stereocenters. The summed E-state index contributed by atoms with van der Waals surface area (Å²) in [7, 11) is 0. The molecular formula is C14H18N2O2S. The van der Waals surface area contributed by atoms with E-state index >= 15 is 0 Å². The molecule has 0 aliphatic carbocycles. The lowest BCUT2D eigenvalue weighted by molar-refractivity contribution is -0.126. The van der Waals surface area contributed by atoms with Gasteiger partial charge in [-0.3, -0.25) is 4.79 Å². The molecule has 1 aromatic rings. The van der Waals surface area contributed by atoms with E-state index in [1.54, 1.807) is 11.8 Å². The summed E-state index contributed by atoms with van der Waals surface area (Å²) in [4.78, 5) is 15.7. The number of nitrogen functional groups attached to an aromatic ring is 1. The fourth-order valence-corrected chi connectivity index (χ4v) is 3.59. The van der Waals surface area contributed by atoms with Gasteiger partial charge in [0.2, 0.25) is 5.91 Å². The lowest BCUT2D eigenvalue weighted by atomic mass is 10.0. The van der Waals surface area contributed by atoms with E-state index in [1.807, 2.05) is 23.1 Å². The summed E-state index contributed by atoms with van der Waals surface area (Å²) in [6, 6.07) is 5.80. The lowest BCUT2D eigenvalue weighted by Crippen LogP contribution is -2.42. The number of hydrogen-bond donors (Lipinski definition) is 1. The SMILES string of the molecule is Nc1ccc2c(c1)N(C(=O)C1CCCOC1)CCS2. The summed E-state index contributed by atoms with van der Waals surface area (Å²) in [5, 5.41) is 0. The summed E-state index contributed by atoms with van der Waals surface area (Å²) in [5.41, 5.74) is 7.52. The number of nitrogens with zero attached hydrogens (tertiary/aromatic N) is 1. The number of fused-ring (bicyclic) bond motifs is 1. The van der Waals surface area contributed by atoms with Crippen LogP contribution in [0.25, 0.3) is 0 Å². The standard InChI is InChI=1S/C14H18N2O2S/c15-11-3-4-13-12(8-11)16(5-7-19-13)14(17)10-2-1-6-18-9-10/h3-4,8,10H,1-2,5-7,9,15H2. The molecule has 4 nitrogen and oxygen atoms in total. The number of benzene rings is 1. The molecule has 2 N–H and O–H groups in total. The number of carbonyl (C=O) groups is 1. The van der Waals surface area contributed by atoms with Crippen LogP contribution in [0.1, 0.15) is 12.8 Å². The first-order chi connectivity index (χ1) is 9.25. The highest BCUT2D eigenvalue weighted by Crippen LogP contribution is 2.37. The second-order valence-electron chi connectivity index (χ2n) is 4.98. The van der Waals surface area contributed by atoms with E-state index in [9.17, 15) is 4.79 Å². The maximum absolute atomic E-state index is 12.6. The van der Waals surface area contributed by atoms with Crippen molar-refractivity contribution in [3.8, 4) is 0 Å². The minimum Gasteiger partial charge on any atom is -0.399 e. The second-order valence-corrected chi connectivity index (χ2v) is 6.12.